The molecule has 5 rings (SSSR count). The molecule has 0 saturated carbocycles. The first-order valence-corrected chi connectivity index (χ1v) is 15.0. The molecule has 0 bridgehead atoms. The second kappa shape index (κ2) is 15.2. The number of rotatable bonds is 25. The molecule has 0 N–H and O–H groups in total. The topological polar surface area (TPSA) is 109 Å². The number of hydrogen-bond donors (Lipinski definition) is 0. The zero-order chi connectivity index (χ0) is 24.4. The second-order valence-corrected chi connectivity index (χ2v) is 12.6. The predicted molar refractivity (Wildman–Crippen MR) is 134 cm³/mol. The Labute approximate surface area is 221 Å². The summed E-state index contributed by atoms with van der Waals surface area (Å²) in [6.07, 6.45) is 1.27. The minimum absolute atomic E-state index is 0.173. The van der Waals surface area contributed by atoms with Crippen molar-refractivity contribution < 1.29 is 47.4 Å². The van der Waals surface area contributed by atoms with Crippen molar-refractivity contribution in [3.05, 3.63) is 0 Å². The first-order valence-electron chi connectivity index (χ1n) is 13.1. The van der Waals surface area contributed by atoms with E-state index in [0.29, 0.717) is 66.1 Å². The van der Waals surface area contributed by atoms with Crippen LogP contribution in [0.25, 0.3) is 0 Å². The molecule has 0 aromatic heterocycles. The minimum Gasteiger partial charge on any atom is -0.378 e. The first kappa shape index (κ1) is 27.9. The molecule has 5 fully saturated rings. The molecule has 7 atom stereocenters. The van der Waals surface area contributed by atoms with Crippen LogP contribution in [0.1, 0.15) is 0 Å². The Morgan fingerprint density at radius 2 is 0.917 bits per heavy atom. The third-order valence-electron chi connectivity index (χ3n) is 6.04. The Bertz CT molecular complexity index is 596. The highest BCUT2D eigenvalue weighted by molar-refractivity contribution is 8.04. The van der Waals surface area contributed by atoms with Crippen molar-refractivity contribution in [2.75, 3.05) is 105 Å². The third-order valence-corrected chi connectivity index (χ3v) is 8.98. The highest BCUT2D eigenvalue weighted by Gasteiger charge is 2.32. The van der Waals surface area contributed by atoms with Crippen molar-refractivity contribution in [1.82, 2.24) is 0 Å². The van der Waals surface area contributed by atoms with Crippen LogP contribution in [0.3, 0.4) is 0 Å². The number of thioether (sulfide) groups is 2. The average Bonchev–Trinajstić information content (AvgIpc) is 3.69. The highest BCUT2D eigenvalue weighted by atomic mass is 32.2. The summed E-state index contributed by atoms with van der Waals surface area (Å²) in [5.41, 5.74) is 0. The van der Waals surface area contributed by atoms with E-state index in [-0.39, 0.29) is 46.3 Å². The summed E-state index contributed by atoms with van der Waals surface area (Å²) in [6, 6.07) is 0. The van der Waals surface area contributed by atoms with Gasteiger partial charge in [0.2, 0.25) is 0 Å². The van der Waals surface area contributed by atoms with Crippen molar-refractivity contribution >= 4 is 23.5 Å². The fraction of sp³-hybridized carbons (Fsp3) is 1.00. The Morgan fingerprint density at radius 3 is 1.36 bits per heavy atom. The average molecular weight is 553 g/mol. The molecule has 0 amide bonds. The molecule has 0 spiro atoms. The number of epoxide rings is 5. The van der Waals surface area contributed by atoms with Crippen molar-refractivity contribution in [2.45, 2.75) is 46.3 Å². The van der Waals surface area contributed by atoms with Gasteiger partial charge in [0.25, 0.3) is 0 Å². The quantitative estimate of drug-likeness (QED) is 0.117. The molecule has 0 aliphatic carbocycles. The summed E-state index contributed by atoms with van der Waals surface area (Å²) >= 11 is 3.76. The maximum Gasteiger partial charge on any atom is 0.104 e. The van der Waals surface area contributed by atoms with Gasteiger partial charge in [-0.15, -0.1) is 11.8 Å². The van der Waals surface area contributed by atoms with E-state index >= 15 is 0 Å². The van der Waals surface area contributed by atoms with Gasteiger partial charge in [-0.3, -0.25) is 0 Å². The van der Waals surface area contributed by atoms with Gasteiger partial charge < -0.3 is 47.4 Å². The SMILES string of the molecule is C(CSC(COCC1CO1)C(COCC1CO1)SC(COCC1CO1)COCC1CO1)OCC1CO1. The van der Waals surface area contributed by atoms with Crippen molar-refractivity contribution in [3.63, 3.8) is 0 Å². The Morgan fingerprint density at radius 1 is 0.528 bits per heavy atom. The summed E-state index contributed by atoms with van der Waals surface area (Å²) in [5.74, 6) is 0.888. The maximum absolute atomic E-state index is 6.11. The molecular formula is C24H40O10S2. The van der Waals surface area contributed by atoms with Gasteiger partial charge >= 0.3 is 0 Å². The van der Waals surface area contributed by atoms with Gasteiger partial charge in [0.1, 0.15) is 30.5 Å². The van der Waals surface area contributed by atoms with E-state index in [2.05, 4.69) is 0 Å². The Balaban J connectivity index is 1.13. The molecule has 5 heterocycles. The van der Waals surface area contributed by atoms with Crippen LogP contribution >= 0.6 is 23.5 Å². The largest absolute Gasteiger partial charge is 0.378 e. The standard InChI is InChI=1S/C24H40O10S2/c1(25-3-17-8-30-17)2-35-23(15-28-6-20-11-33-20)24(16-29-7-21-12-34-21)36-22(13-26-4-18-9-31-18)14-27-5-19-10-32-19/h17-24H,1-16H2. The van der Waals surface area contributed by atoms with Crippen molar-refractivity contribution in [2.24, 2.45) is 0 Å². The molecular weight excluding hydrogens is 512 g/mol. The molecule has 0 aromatic rings. The Kier molecular flexibility index (Phi) is 11.7. The van der Waals surface area contributed by atoms with E-state index in [9.17, 15) is 0 Å². The summed E-state index contributed by atoms with van der Waals surface area (Å²) in [5, 5.41) is 0.606. The fourth-order valence-electron chi connectivity index (χ4n) is 3.46. The van der Waals surface area contributed by atoms with Gasteiger partial charge in [-0.2, -0.15) is 11.8 Å². The normalized spacial score (nSPS) is 32.2. The van der Waals surface area contributed by atoms with Gasteiger partial charge in [0.05, 0.1) is 104 Å². The van der Waals surface area contributed by atoms with Crippen molar-refractivity contribution in [1.29, 1.82) is 0 Å². The smallest absolute Gasteiger partial charge is 0.104 e. The summed E-state index contributed by atoms with van der Waals surface area (Å²) < 4.78 is 56.4. The van der Waals surface area contributed by atoms with E-state index < -0.39 is 0 Å². The lowest BCUT2D eigenvalue weighted by molar-refractivity contribution is 0.0729. The monoisotopic (exact) mass is 552 g/mol. The molecule has 36 heavy (non-hydrogen) atoms. The minimum atomic E-state index is 0.173. The number of hydrogen-bond acceptors (Lipinski definition) is 12. The van der Waals surface area contributed by atoms with E-state index in [0.717, 1.165) is 38.8 Å². The lowest BCUT2D eigenvalue weighted by Gasteiger charge is -2.30. The third kappa shape index (κ3) is 12.4. The summed E-state index contributed by atoms with van der Waals surface area (Å²) in [7, 11) is 0. The molecule has 5 aliphatic rings. The van der Waals surface area contributed by atoms with Crippen LogP contribution in [-0.2, 0) is 47.4 Å². The highest BCUT2D eigenvalue weighted by Crippen LogP contribution is 2.31. The van der Waals surface area contributed by atoms with Crippen LogP contribution in [0.5, 0.6) is 0 Å². The second-order valence-electron chi connectivity index (χ2n) is 9.71. The molecule has 5 aliphatic heterocycles. The van der Waals surface area contributed by atoms with Crippen LogP contribution in [0.4, 0.5) is 0 Å². The summed E-state index contributed by atoms with van der Waals surface area (Å²) in [4.78, 5) is 0. The molecule has 7 unspecified atom stereocenters. The van der Waals surface area contributed by atoms with E-state index in [1.807, 2.05) is 23.5 Å². The number of ether oxygens (including phenoxy) is 10. The van der Waals surface area contributed by atoms with Crippen LogP contribution in [-0.4, -0.2) is 151 Å². The van der Waals surface area contributed by atoms with Gasteiger partial charge in [0.15, 0.2) is 0 Å². The molecule has 10 nitrogen and oxygen atoms in total. The lowest BCUT2D eigenvalue weighted by atomic mass is 10.3. The van der Waals surface area contributed by atoms with Crippen molar-refractivity contribution in [3.8, 4) is 0 Å². The molecule has 0 aromatic carbocycles. The zero-order valence-electron chi connectivity index (χ0n) is 20.8. The molecule has 5 saturated heterocycles. The first-order chi connectivity index (χ1) is 17.8. The van der Waals surface area contributed by atoms with Gasteiger partial charge in [-0.25, -0.2) is 0 Å². The van der Waals surface area contributed by atoms with E-state index in [4.69, 9.17) is 47.4 Å². The van der Waals surface area contributed by atoms with Crippen LogP contribution in [0.2, 0.25) is 0 Å². The van der Waals surface area contributed by atoms with E-state index in [1.54, 1.807) is 0 Å². The predicted octanol–water partition coefficient (Wildman–Crippen LogP) is 0.636. The fourth-order valence-corrected chi connectivity index (χ4v) is 6.16. The summed E-state index contributed by atoms with van der Waals surface area (Å²) in [6.45, 7) is 10.4. The molecule has 0 radical (unpaired) electrons. The molecule has 12 heteroatoms. The lowest BCUT2D eigenvalue weighted by Crippen LogP contribution is -2.35. The van der Waals surface area contributed by atoms with Gasteiger partial charge in [-0.05, 0) is 0 Å². The Hall–Kier alpha value is 0.300. The van der Waals surface area contributed by atoms with Gasteiger partial charge in [0, 0.05) is 16.3 Å². The zero-order valence-corrected chi connectivity index (χ0v) is 22.5. The maximum atomic E-state index is 6.11. The van der Waals surface area contributed by atoms with Crippen LogP contribution in [0, 0.1) is 0 Å². The van der Waals surface area contributed by atoms with Gasteiger partial charge in [-0.1, -0.05) is 0 Å². The molecule has 208 valence electrons. The van der Waals surface area contributed by atoms with Crippen LogP contribution in [0.15, 0.2) is 0 Å². The van der Waals surface area contributed by atoms with Crippen LogP contribution < -0.4 is 0 Å². The van der Waals surface area contributed by atoms with E-state index in [1.165, 1.54) is 0 Å².